The van der Waals surface area contributed by atoms with Gasteiger partial charge in [-0.3, -0.25) is 0 Å². The predicted molar refractivity (Wildman–Crippen MR) is 76.5 cm³/mol. The van der Waals surface area contributed by atoms with Gasteiger partial charge in [-0.2, -0.15) is 0 Å². The minimum Gasteiger partial charge on any atom is -0.316 e. The molecule has 0 fully saturated rings. The highest BCUT2D eigenvalue weighted by Gasteiger charge is 2.19. The lowest BCUT2D eigenvalue weighted by molar-refractivity contribution is -0.911. The third kappa shape index (κ3) is 3.72. The predicted octanol–water partition coefficient (Wildman–Crippen LogP) is 3.65. The summed E-state index contributed by atoms with van der Waals surface area (Å²) in [5, 5.41) is 0. The van der Waals surface area contributed by atoms with Crippen molar-refractivity contribution < 1.29 is 4.48 Å². The maximum absolute atomic E-state index is 3.87. The smallest absolute Gasteiger partial charge is 0.105 e. The lowest BCUT2D eigenvalue weighted by Gasteiger charge is -2.33. The van der Waals surface area contributed by atoms with E-state index in [0.29, 0.717) is 0 Å². The van der Waals surface area contributed by atoms with Crippen LogP contribution in [0.3, 0.4) is 0 Å². The normalized spacial score (nSPS) is 10.9. The Morgan fingerprint density at radius 3 is 2.18 bits per heavy atom. The summed E-state index contributed by atoms with van der Waals surface area (Å²) in [6.45, 7) is 14.4. The van der Waals surface area contributed by atoms with E-state index in [-0.39, 0.29) is 0 Å². The van der Waals surface area contributed by atoms with E-state index in [2.05, 4.69) is 45.0 Å². The van der Waals surface area contributed by atoms with Crippen LogP contribution in [0.5, 0.6) is 0 Å². The van der Waals surface area contributed by atoms with Gasteiger partial charge in [0.25, 0.3) is 0 Å². The number of hydrogen-bond donors (Lipinski definition) is 0. The van der Waals surface area contributed by atoms with Crippen LogP contribution in [0.25, 0.3) is 6.08 Å². The number of nitrogens with zero attached hydrogens (tertiary/aromatic N) is 1. The first-order chi connectivity index (χ1) is 8.15. The zero-order valence-corrected chi connectivity index (χ0v) is 10.7. The number of likely N-dealkylation sites (N-methyl/N-ethyl adjacent to an activating group) is 1. The molecule has 1 rings (SSSR count). The van der Waals surface area contributed by atoms with Crippen molar-refractivity contribution in [1.82, 2.24) is 0 Å². The molecule has 0 aliphatic rings. The van der Waals surface area contributed by atoms with Gasteiger partial charge in [-0.25, -0.2) is 0 Å². The van der Waals surface area contributed by atoms with Gasteiger partial charge < -0.3 is 4.48 Å². The Bertz CT molecular complexity index is 394. The summed E-state index contributed by atoms with van der Waals surface area (Å²) < 4.78 is 0.901. The molecular weight excluding hydrogens is 206 g/mol. The van der Waals surface area contributed by atoms with Gasteiger partial charge in [0.1, 0.15) is 6.54 Å². The molecule has 1 nitrogen and oxygen atoms in total. The fraction of sp³-hybridized carbons (Fsp3) is 0.250. The Hall–Kier alpha value is -1.60. The van der Waals surface area contributed by atoms with Crippen molar-refractivity contribution in [3.63, 3.8) is 0 Å². The van der Waals surface area contributed by atoms with Crippen molar-refractivity contribution in [1.29, 1.82) is 0 Å². The van der Waals surface area contributed by atoms with Crippen LogP contribution in [0.4, 0.5) is 0 Å². The van der Waals surface area contributed by atoms with Crippen LogP contribution in [0, 0.1) is 0 Å². The lowest BCUT2D eigenvalue weighted by Crippen LogP contribution is -2.43. The van der Waals surface area contributed by atoms with Crippen LogP contribution in [0.15, 0.2) is 56.2 Å². The van der Waals surface area contributed by atoms with Gasteiger partial charge in [0.15, 0.2) is 0 Å². The fourth-order valence-electron chi connectivity index (χ4n) is 2.12. The van der Waals surface area contributed by atoms with Gasteiger partial charge in [0, 0.05) is 5.56 Å². The van der Waals surface area contributed by atoms with E-state index in [9.17, 15) is 0 Å². The molecule has 0 unspecified atom stereocenters. The van der Waals surface area contributed by atoms with Crippen molar-refractivity contribution in [3.05, 3.63) is 67.3 Å². The SMILES string of the molecule is C=CC[N+](C)(CC=C)Cc1ccccc1C=C. The van der Waals surface area contributed by atoms with E-state index in [1.807, 2.05) is 24.3 Å². The number of rotatable bonds is 7. The second kappa shape index (κ2) is 6.21. The molecule has 0 saturated carbocycles. The largest absolute Gasteiger partial charge is 0.316 e. The molecule has 90 valence electrons. The Kier molecular flexibility index (Phi) is 4.92. The van der Waals surface area contributed by atoms with Gasteiger partial charge >= 0.3 is 0 Å². The molecule has 0 radical (unpaired) electrons. The molecule has 0 bridgehead atoms. The molecule has 1 aromatic carbocycles. The highest BCUT2D eigenvalue weighted by Crippen LogP contribution is 2.17. The van der Waals surface area contributed by atoms with E-state index in [1.165, 1.54) is 11.1 Å². The monoisotopic (exact) mass is 228 g/mol. The van der Waals surface area contributed by atoms with Crippen LogP contribution in [-0.2, 0) is 6.54 Å². The number of benzene rings is 1. The zero-order chi connectivity index (χ0) is 12.7. The first kappa shape index (κ1) is 13.5. The van der Waals surface area contributed by atoms with Crippen LogP contribution >= 0.6 is 0 Å². The van der Waals surface area contributed by atoms with Gasteiger partial charge in [-0.05, 0) is 17.7 Å². The third-order valence-corrected chi connectivity index (χ3v) is 2.97. The second-order valence-corrected chi connectivity index (χ2v) is 4.62. The van der Waals surface area contributed by atoms with Crippen LogP contribution in [-0.4, -0.2) is 24.6 Å². The number of quaternary nitrogens is 1. The van der Waals surface area contributed by atoms with E-state index in [0.717, 1.165) is 24.1 Å². The fourth-order valence-corrected chi connectivity index (χ4v) is 2.12. The van der Waals surface area contributed by atoms with Crippen molar-refractivity contribution in [2.45, 2.75) is 6.54 Å². The first-order valence-electron chi connectivity index (χ1n) is 5.91. The molecule has 0 aliphatic carbocycles. The molecule has 0 amide bonds. The van der Waals surface area contributed by atoms with Crippen LogP contribution < -0.4 is 0 Å². The number of hydrogen-bond acceptors (Lipinski definition) is 0. The topological polar surface area (TPSA) is 0 Å². The quantitative estimate of drug-likeness (QED) is 0.493. The van der Waals surface area contributed by atoms with Crippen molar-refractivity contribution in [2.75, 3.05) is 20.1 Å². The zero-order valence-electron chi connectivity index (χ0n) is 10.7. The van der Waals surface area contributed by atoms with E-state index < -0.39 is 0 Å². The summed E-state index contributed by atoms with van der Waals surface area (Å²) in [4.78, 5) is 0. The van der Waals surface area contributed by atoms with Crippen molar-refractivity contribution >= 4 is 6.08 Å². The van der Waals surface area contributed by atoms with Gasteiger partial charge in [0.05, 0.1) is 20.1 Å². The van der Waals surface area contributed by atoms with Crippen molar-refractivity contribution in [3.8, 4) is 0 Å². The average molecular weight is 228 g/mol. The van der Waals surface area contributed by atoms with Crippen LogP contribution in [0.1, 0.15) is 11.1 Å². The van der Waals surface area contributed by atoms with Crippen LogP contribution in [0.2, 0.25) is 0 Å². The lowest BCUT2D eigenvalue weighted by atomic mass is 10.1. The van der Waals surface area contributed by atoms with E-state index in [4.69, 9.17) is 0 Å². The summed E-state index contributed by atoms with van der Waals surface area (Å²) >= 11 is 0. The summed E-state index contributed by atoms with van der Waals surface area (Å²) in [6, 6.07) is 8.40. The Labute approximate surface area is 105 Å². The van der Waals surface area contributed by atoms with Gasteiger partial charge in [-0.1, -0.05) is 50.1 Å². The maximum Gasteiger partial charge on any atom is 0.105 e. The second-order valence-electron chi connectivity index (χ2n) is 4.62. The highest BCUT2D eigenvalue weighted by molar-refractivity contribution is 5.51. The van der Waals surface area contributed by atoms with E-state index in [1.54, 1.807) is 0 Å². The minimum absolute atomic E-state index is 0.901. The molecule has 0 heterocycles. The molecular formula is C16H22N+. The summed E-state index contributed by atoms with van der Waals surface area (Å²) in [5.74, 6) is 0. The minimum atomic E-state index is 0.901. The highest BCUT2D eigenvalue weighted by atomic mass is 15.3. The molecule has 0 spiro atoms. The molecule has 17 heavy (non-hydrogen) atoms. The molecule has 0 saturated heterocycles. The Balaban J connectivity index is 2.96. The van der Waals surface area contributed by atoms with Gasteiger partial charge in [-0.15, -0.1) is 0 Å². The van der Waals surface area contributed by atoms with Gasteiger partial charge in [0.2, 0.25) is 0 Å². The van der Waals surface area contributed by atoms with E-state index >= 15 is 0 Å². The Morgan fingerprint density at radius 2 is 1.65 bits per heavy atom. The van der Waals surface area contributed by atoms with Crippen molar-refractivity contribution in [2.24, 2.45) is 0 Å². The summed E-state index contributed by atoms with van der Waals surface area (Å²) in [6.07, 6.45) is 5.86. The first-order valence-corrected chi connectivity index (χ1v) is 5.91. The summed E-state index contributed by atoms with van der Waals surface area (Å²) in [7, 11) is 2.23. The Morgan fingerprint density at radius 1 is 1.06 bits per heavy atom. The molecule has 1 heteroatoms. The third-order valence-electron chi connectivity index (χ3n) is 2.97. The molecule has 0 aliphatic heterocycles. The molecule has 1 aromatic rings. The molecule has 0 aromatic heterocycles. The average Bonchev–Trinajstić information content (AvgIpc) is 2.30. The summed E-state index contributed by atoms with van der Waals surface area (Å²) in [5.41, 5.74) is 2.54. The maximum atomic E-state index is 3.87. The standard InChI is InChI=1S/C16H22N/c1-5-12-17(4,13-6-2)14-16-11-9-8-10-15(16)7-3/h5-11H,1-3,12-14H2,4H3/q+1. The molecule has 0 atom stereocenters. The molecule has 0 N–H and O–H groups in total.